The van der Waals surface area contributed by atoms with E-state index in [1.807, 2.05) is 19.2 Å². The van der Waals surface area contributed by atoms with Crippen LogP contribution in [-0.4, -0.2) is 29.8 Å². The summed E-state index contributed by atoms with van der Waals surface area (Å²) in [6, 6.07) is 6.80. The summed E-state index contributed by atoms with van der Waals surface area (Å²) in [6.07, 6.45) is 1.64. The second-order valence-corrected chi connectivity index (χ2v) is 5.32. The minimum absolute atomic E-state index is 0.505. The van der Waals surface area contributed by atoms with Crippen molar-refractivity contribution in [1.82, 2.24) is 4.90 Å². The molecule has 0 spiro atoms. The van der Waals surface area contributed by atoms with Gasteiger partial charge < -0.3 is 10.2 Å². The van der Waals surface area contributed by atoms with Gasteiger partial charge in [-0.15, -0.1) is 0 Å². The molecule has 1 aromatic carbocycles. The third kappa shape index (κ3) is 5.48. The fraction of sp³-hybridized carbons (Fsp3) is 0.400. The quantitative estimate of drug-likeness (QED) is 0.498. The zero-order valence-electron chi connectivity index (χ0n) is 12.3. The number of carbonyl (C=O) groups is 2. The van der Waals surface area contributed by atoms with Gasteiger partial charge in [-0.3, -0.25) is 9.59 Å². The number of nitrogens with one attached hydrogen (secondary N) is 1. The first-order valence-corrected chi connectivity index (χ1v) is 7.70. The highest BCUT2D eigenvalue weighted by Crippen LogP contribution is 2.19. The average Bonchev–Trinajstić information content (AvgIpc) is 2.48. The minimum Gasteiger partial charge on any atom is -0.334 e. The van der Waals surface area contributed by atoms with Gasteiger partial charge in [-0.05, 0) is 48.9 Å². The van der Waals surface area contributed by atoms with Crippen LogP contribution >= 0.6 is 11.8 Å². The van der Waals surface area contributed by atoms with Crippen molar-refractivity contribution in [3.63, 3.8) is 0 Å². The maximum absolute atomic E-state index is 12.1. The molecule has 0 bridgehead atoms. The molecule has 1 N–H and O–H groups in total. The second-order valence-electron chi connectivity index (χ2n) is 4.46. The van der Waals surface area contributed by atoms with Crippen molar-refractivity contribution in [2.24, 2.45) is 0 Å². The molecule has 5 nitrogen and oxygen atoms in total. The standard InChI is InChI=1S/C15H19N3O2S/c1-3-9-18(10-4-2)15(20)14(19)17-12-5-7-13(8-6-12)21-11-16/h5-8H,3-4,9-10H2,1-2H3,(H,17,19). The van der Waals surface area contributed by atoms with Gasteiger partial charge in [0.05, 0.1) is 0 Å². The molecule has 1 rings (SSSR count). The van der Waals surface area contributed by atoms with Gasteiger partial charge >= 0.3 is 11.8 Å². The summed E-state index contributed by atoms with van der Waals surface area (Å²) in [7, 11) is 0. The van der Waals surface area contributed by atoms with Gasteiger partial charge in [-0.2, -0.15) is 5.26 Å². The summed E-state index contributed by atoms with van der Waals surface area (Å²) in [5.41, 5.74) is 0.545. The third-order valence-corrected chi connectivity index (χ3v) is 3.34. The first-order valence-electron chi connectivity index (χ1n) is 6.88. The van der Waals surface area contributed by atoms with Crippen molar-refractivity contribution in [2.45, 2.75) is 31.6 Å². The number of thioether (sulfide) groups is 1. The van der Waals surface area contributed by atoms with Crippen LogP contribution < -0.4 is 5.32 Å². The van der Waals surface area contributed by atoms with Crippen molar-refractivity contribution in [3.05, 3.63) is 24.3 Å². The Bertz CT molecular complexity index is 517. The van der Waals surface area contributed by atoms with E-state index in [-0.39, 0.29) is 0 Å². The van der Waals surface area contributed by atoms with Crippen LogP contribution in [0.2, 0.25) is 0 Å². The van der Waals surface area contributed by atoms with Crippen LogP contribution in [0.15, 0.2) is 29.2 Å². The molecule has 0 atom stereocenters. The largest absolute Gasteiger partial charge is 0.334 e. The van der Waals surface area contributed by atoms with Crippen LogP contribution in [0.5, 0.6) is 0 Å². The Labute approximate surface area is 129 Å². The Morgan fingerprint density at radius 2 is 1.76 bits per heavy atom. The zero-order chi connectivity index (χ0) is 15.7. The molecular formula is C15H19N3O2S. The predicted molar refractivity (Wildman–Crippen MR) is 83.7 cm³/mol. The van der Waals surface area contributed by atoms with E-state index in [9.17, 15) is 9.59 Å². The number of benzene rings is 1. The molecule has 2 amide bonds. The molecule has 112 valence electrons. The molecule has 0 aliphatic carbocycles. The zero-order valence-corrected chi connectivity index (χ0v) is 13.1. The number of hydrogen-bond acceptors (Lipinski definition) is 4. The first kappa shape index (κ1) is 17.1. The van der Waals surface area contributed by atoms with Crippen molar-refractivity contribution >= 4 is 29.3 Å². The Kier molecular flexibility index (Phi) is 7.33. The smallest absolute Gasteiger partial charge is 0.313 e. The highest BCUT2D eigenvalue weighted by atomic mass is 32.2. The number of anilines is 1. The van der Waals surface area contributed by atoms with Crippen LogP contribution in [0.25, 0.3) is 0 Å². The van der Waals surface area contributed by atoms with E-state index in [1.54, 1.807) is 29.2 Å². The Balaban J connectivity index is 2.66. The number of amides is 2. The molecule has 0 saturated heterocycles. The molecule has 0 fully saturated rings. The molecule has 0 heterocycles. The molecular weight excluding hydrogens is 286 g/mol. The summed E-state index contributed by atoms with van der Waals surface area (Å²) in [4.78, 5) is 26.4. The summed E-state index contributed by atoms with van der Waals surface area (Å²) in [6.45, 7) is 5.11. The summed E-state index contributed by atoms with van der Waals surface area (Å²) >= 11 is 1.04. The van der Waals surface area contributed by atoms with E-state index in [2.05, 4.69) is 5.32 Å². The normalized spacial score (nSPS) is 9.76. The van der Waals surface area contributed by atoms with Gasteiger partial charge in [-0.1, -0.05) is 13.8 Å². The van der Waals surface area contributed by atoms with Crippen molar-refractivity contribution in [3.8, 4) is 5.40 Å². The van der Waals surface area contributed by atoms with E-state index in [1.165, 1.54) is 0 Å². The monoisotopic (exact) mass is 305 g/mol. The summed E-state index contributed by atoms with van der Waals surface area (Å²) in [5, 5.41) is 13.1. The minimum atomic E-state index is -0.627. The number of hydrogen-bond donors (Lipinski definition) is 1. The lowest BCUT2D eigenvalue weighted by molar-refractivity contribution is -0.143. The SMILES string of the molecule is CCCN(CCC)C(=O)C(=O)Nc1ccc(SC#N)cc1. The highest BCUT2D eigenvalue weighted by molar-refractivity contribution is 8.03. The van der Waals surface area contributed by atoms with Gasteiger partial charge in [0, 0.05) is 23.7 Å². The van der Waals surface area contributed by atoms with Gasteiger partial charge in [0.2, 0.25) is 0 Å². The Hall–Kier alpha value is -2.00. The van der Waals surface area contributed by atoms with Crippen molar-refractivity contribution < 1.29 is 9.59 Å². The Morgan fingerprint density at radius 3 is 2.24 bits per heavy atom. The van der Waals surface area contributed by atoms with E-state index in [0.29, 0.717) is 18.8 Å². The Morgan fingerprint density at radius 1 is 1.19 bits per heavy atom. The topological polar surface area (TPSA) is 73.2 Å². The summed E-state index contributed by atoms with van der Waals surface area (Å²) < 4.78 is 0. The molecule has 6 heteroatoms. The average molecular weight is 305 g/mol. The first-order chi connectivity index (χ1) is 10.1. The van der Waals surface area contributed by atoms with E-state index in [4.69, 9.17) is 5.26 Å². The van der Waals surface area contributed by atoms with Crippen LogP contribution in [0, 0.1) is 10.7 Å². The van der Waals surface area contributed by atoms with Crippen molar-refractivity contribution in [2.75, 3.05) is 18.4 Å². The van der Waals surface area contributed by atoms with Crippen LogP contribution in [0.1, 0.15) is 26.7 Å². The number of carbonyl (C=O) groups excluding carboxylic acids is 2. The van der Waals surface area contributed by atoms with E-state index >= 15 is 0 Å². The lowest BCUT2D eigenvalue weighted by Crippen LogP contribution is -2.40. The van der Waals surface area contributed by atoms with Gasteiger partial charge in [0.15, 0.2) is 0 Å². The van der Waals surface area contributed by atoms with Gasteiger partial charge in [0.1, 0.15) is 5.40 Å². The molecule has 0 saturated carbocycles. The fourth-order valence-corrected chi connectivity index (χ4v) is 2.22. The van der Waals surface area contributed by atoms with Crippen LogP contribution in [0.4, 0.5) is 5.69 Å². The number of thiocyanates is 1. The molecule has 0 aliphatic heterocycles. The van der Waals surface area contributed by atoms with Gasteiger partial charge in [0.25, 0.3) is 0 Å². The lowest BCUT2D eigenvalue weighted by Gasteiger charge is -2.20. The highest BCUT2D eigenvalue weighted by Gasteiger charge is 2.20. The number of nitrogens with zero attached hydrogens (tertiary/aromatic N) is 2. The fourth-order valence-electron chi connectivity index (χ4n) is 1.84. The van der Waals surface area contributed by atoms with Crippen LogP contribution in [-0.2, 0) is 9.59 Å². The van der Waals surface area contributed by atoms with E-state index < -0.39 is 11.8 Å². The molecule has 0 aliphatic rings. The molecule has 21 heavy (non-hydrogen) atoms. The number of rotatable bonds is 6. The van der Waals surface area contributed by atoms with Gasteiger partial charge in [-0.25, -0.2) is 0 Å². The number of nitriles is 1. The summed E-state index contributed by atoms with van der Waals surface area (Å²) in [5.74, 6) is -1.13. The maximum Gasteiger partial charge on any atom is 0.313 e. The molecule has 0 aromatic heterocycles. The van der Waals surface area contributed by atoms with E-state index in [0.717, 1.165) is 29.5 Å². The predicted octanol–water partition coefficient (Wildman–Crippen LogP) is 2.85. The second kappa shape index (κ2) is 9.03. The maximum atomic E-state index is 12.1. The molecule has 1 aromatic rings. The molecule has 0 radical (unpaired) electrons. The molecule has 0 unspecified atom stereocenters. The van der Waals surface area contributed by atoms with Crippen LogP contribution in [0.3, 0.4) is 0 Å². The third-order valence-electron chi connectivity index (χ3n) is 2.74. The lowest BCUT2D eigenvalue weighted by atomic mass is 10.3. The van der Waals surface area contributed by atoms with Crippen molar-refractivity contribution in [1.29, 1.82) is 5.26 Å².